The summed E-state index contributed by atoms with van der Waals surface area (Å²) in [5.74, 6) is 0.0869. The lowest BCUT2D eigenvalue weighted by atomic mass is 10.0. The minimum absolute atomic E-state index is 0. The lowest BCUT2D eigenvalue weighted by Crippen LogP contribution is -2.31. The van der Waals surface area contributed by atoms with Gasteiger partial charge in [0.05, 0.1) is 5.75 Å². The molecule has 2 rings (SSSR count). The van der Waals surface area contributed by atoms with Crippen molar-refractivity contribution in [3.63, 3.8) is 0 Å². The molecule has 0 atom stereocenters. The SMILES string of the molecule is CN(C)CCS(=O)(=O)NCc1ccc2ccc(C(=N)N)cc2c1.Cl.Cl. The molecular formula is C16H24Cl2N4O2S. The molecule has 140 valence electrons. The number of hydrogen-bond donors (Lipinski definition) is 3. The summed E-state index contributed by atoms with van der Waals surface area (Å²) < 4.78 is 26.5. The maximum absolute atomic E-state index is 11.9. The van der Waals surface area contributed by atoms with Crippen LogP contribution in [0.25, 0.3) is 10.8 Å². The summed E-state index contributed by atoms with van der Waals surface area (Å²) in [5.41, 5.74) is 7.03. The molecule has 0 aliphatic rings. The maximum Gasteiger partial charge on any atom is 0.213 e. The van der Waals surface area contributed by atoms with Crippen molar-refractivity contribution in [2.24, 2.45) is 5.73 Å². The predicted octanol–water partition coefficient (Wildman–Crippen LogP) is 1.95. The molecule has 2 aromatic carbocycles. The van der Waals surface area contributed by atoms with E-state index >= 15 is 0 Å². The third kappa shape index (κ3) is 7.17. The molecule has 25 heavy (non-hydrogen) atoms. The molecule has 9 heteroatoms. The standard InChI is InChI=1S/C16H22N4O2S.2ClH/c1-20(2)7-8-23(21,22)19-11-12-3-4-13-5-6-14(16(17)18)10-15(13)9-12;;/h3-6,9-10,19H,7-8,11H2,1-2H3,(H3,17,18);2*1H. The van der Waals surface area contributed by atoms with Crippen molar-refractivity contribution in [2.75, 3.05) is 26.4 Å². The first kappa shape index (κ1) is 23.6. The second-order valence-electron chi connectivity index (χ2n) is 5.75. The minimum atomic E-state index is -3.30. The van der Waals surface area contributed by atoms with Gasteiger partial charge in [-0.25, -0.2) is 13.1 Å². The molecule has 0 spiro atoms. The highest BCUT2D eigenvalue weighted by Crippen LogP contribution is 2.18. The summed E-state index contributed by atoms with van der Waals surface area (Å²) in [4.78, 5) is 1.83. The van der Waals surface area contributed by atoms with E-state index in [1.807, 2.05) is 49.3 Å². The van der Waals surface area contributed by atoms with Gasteiger partial charge in [0.15, 0.2) is 0 Å². The fourth-order valence-electron chi connectivity index (χ4n) is 2.14. The summed E-state index contributed by atoms with van der Waals surface area (Å²) in [5, 5.41) is 9.45. The number of sulfonamides is 1. The zero-order valence-corrected chi connectivity index (χ0v) is 16.6. The molecule has 0 aliphatic carbocycles. The van der Waals surface area contributed by atoms with Crippen LogP contribution in [0.15, 0.2) is 36.4 Å². The number of amidine groups is 1. The fourth-order valence-corrected chi connectivity index (χ4v) is 3.28. The van der Waals surface area contributed by atoms with Crippen molar-refractivity contribution in [3.05, 3.63) is 47.5 Å². The van der Waals surface area contributed by atoms with Gasteiger partial charge in [-0.3, -0.25) is 5.41 Å². The number of benzene rings is 2. The number of halogens is 2. The zero-order chi connectivity index (χ0) is 17.0. The van der Waals surface area contributed by atoms with E-state index in [2.05, 4.69) is 4.72 Å². The Hall–Kier alpha value is -1.38. The predicted molar refractivity (Wildman–Crippen MR) is 109 cm³/mol. The lowest BCUT2D eigenvalue weighted by Gasteiger charge is -2.11. The summed E-state index contributed by atoms with van der Waals surface area (Å²) >= 11 is 0. The van der Waals surface area contributed by atoms with Crippen molar-refractivity contribution in [1.82, 2.24) is 9.62 Å². The van der Waals surface area contributed by atoms with Crippen LogP contribution >= 0.6 is 24.8 Å². The Morgan fingerprint density at radius 2 is 1.76 bits per heavy atom. The first-order valence-electron chi connectivity index (χ1n) is 7.26. The van der Waals surface area contributed by atoms with Crippen LogP contribution in [0.2, 0.25) is 0 Å². The summed E-state index contributed by atoms with van der Waals surface area (Å²) in [6.45, 7) is 0.727. The van der Waals surface area contributed by atoms with E-state index in [4.69, 9.17) is 11.1 Å². The molecule has 0 aromatic heterocycles. The molecule has 0 saturated heterocycles. The van der Waals surface area contributed by atoms with Crippen molar-refractivity contribution in [3.8, 4) is 0 Å². The van der Waals surface area contributed by atoms with E-state index in [1.54, 1.807) is 6.07 Å². The Labute approximate surface area is 161 Å². The molecule has 0 amide bonds. The number of nitrogen functional groups attached to an aromatic ring is 1. The Balaban J connectivity index is 0.00000288. The van der Waals surface area contributed by atoms with Crippen LogP contribution in [0, 0.1) is 5.41 Å². The Morgan fingerprint density at radius 3 is 2.36 bits per heavy atom. The van der Waals surface area contributed by atoms with Gasteiger partial charge in [0.2, 0.25) is 10.0 Å². The van der Waals surface area contributed by atoms with Crippen molar-refractivity contribution in [1.29, 1.82) is 5.41 Å². The van der Waals surface area contributed by atoms with Gasteiger partial charge in [-0.2, -0.15) is 0 Å². The normalized spacial score (nSPS) is 11.0. The highest BCUT2D eigenvalue weighted by Gasteiger charge is 2.10. The smallest absolute Gasteiger partial charge is 0.213 e. The number of nitrogens with zero attached hydrogens (tertiary/aromatic N) is 1. The van der Waals surface area contributed by atoms with E-state index in [-0.39, 0.29) is 42.9 Å². The van der Waals surface area contributed by atoms with E-state index in [9.17, 15) is 8.42 Å². The second-order valence-corrected chi connectivity index (χ2v) is 7.68. The molecule has 0 heterocycles. The molecule has 0 fully saturated rings. The van der Waals surface area contributed by atoms with E-state index in [0.29, 0.717) is 12.1 Å². The number of nitrogens with one attached hydrogen (secondary N) is 2. The Bertz CT molecular complexity index is 826. The van der Waals surface area contributed by atoms with Crippen LogP contribution in [-0.2, 0) is 16.6 Å². The summed E-state index contributed by atoms with van der Waals surface area (Å²) in [7, 11) is 0.382. The van der Waals surface area contributed by atoms with Gasteiger partial charge in [-0.05, 0) is 42.6 Å². The van der Waals surface area contributed by atoms with Crippen LogP contribution in [0.3, 0.4) is 0 Å². The van der Waals surface area contributed by atoms with E-state index in [0.717, 1.165) is 16.3 Å². The van der Waals surface area contributed by atoms with Crippen molar-refractivity contribution < 1.29 is 8.42 Å². The minimum Gasteiger partial charge on any atom is -0.384 e. The van der Waals surface area contributed by atoms with Crippen LogP contribution < -0.4 is 10.5 Å². The van der Waals surface area contributed by atoms with Crippen molar-refractivity contribution in [2.45, 2.75) is 6.54 Å². The summed E-state index contributed by atoms with van der Waals surface area (Å²) in [6, 6.07) is 11.3. The van der Waals surface area contributed by atoms with Gasteiger partial charge in [0.25, 0.3) is 0 Å². The van der Waals surface area contributed by atoms with Crippen LogP contribution in [0.1, 0.15) is 11.1 Å². The van der Waals surface area contributed by atoms with Gasteiger partial charge in [-0.15, -0.1) is 24.8 Å². The van der Waals surface area contributed by atoms with Crippen LogP contribution in [0.5, 0.6) is 0 Å². The highest BCUT2D eigenvalue weighted by atomic mass is 35.5. The summed E-state index contributed by atoms with van der Waals surface area (Å²) in [6.07, 6.45) is 0. The number of hydrogen-bond acceptors (Lipinski definition) is 4. The molecular weight excluding hydrogens is 383 g/mol. The van der Waals surface area contributed by atoms with Gasteiger partial charge >= 0.3 is 0 Å². The molecule has 0 aliphatic heterocycles. The zero-order valence-electron chi connectivity index (χ0n) is 14.2. The van der Waals surface area contributed by atoms with E-state index in [1.165, 1.54) is 0 Å². The van der Waals surface area contributed by atoms with Crippen molar-refractivity contribution >= 4 is 51.4 Å². The van der Waals surface area contributed by atoms with Gasteiger partial charge in [0, 0.05) is 18.7 Å². The average Bonchev–Trinajstić information content (AvgIpc) is 2.50. The van der Waals surface area contributed by atoms with Gasteiger partial charge in [-0.1, -0.05) is 24.3 Å². The maximum atomic E-state index is 11.9. The topological polar surface area (TPSA) is 99.3 Å². The first-order valence-corrected chi connectivity index (χ1v) is 8.91. The second kappa shape index (κ2) is 9.94. The van der Waals surface area contributed by atoms with E-state index < -0.39 is 10.0 Å². The molecule has 0 unspecified atom stereocenters. The third-order valence-corrected chi connectivity index (χ3v) is 4.82. The first-order chi connectivity index (χ1) is 10.8. The number of fused-ring (bicyclic) bond motifs is 1. The molecule has 6 nitrogen and oxygen atoms in total. The highest BCUT2D eigenvalue weighted by molar-refractivity contribution is 7.89. The quantitative estimate of drug-likeness (QED) is 0.483. The molecule has 0 radical (unpaired) electrons. The van der Waals surface area contributed by atoms with Gasteiger partial charge < -0.3 is 10.6 Å². The fraction of sp³-hybridized carbons (Fsp3) is 0.312. The number of nitrogens with two attached hydrogens (primary N) is 1. The molecule has 2 aromatic rings. The third-order valence-electron chi connectivity index (χ3n) is 3.52. The number of rotatable bonds is 7. The molecule has 0 saturated carbocycles. The van der Waals surface area contributed by atoms with Gasteiger partial charge in [0.1, 0.15) is 5.84 Å². The Kier molecular flexibility index (Phi) is 9.39. The average molecular weight is 407 g/mol. The molecule has 4 N–H and O–H groups in total. The lowest BCUT2D eigenvalue weighted by molar-refractivity contribution is 0.431. The molecule has 0 bridgehead atoms. The van der Waals surface area contributed by atoms with Crippen LogP contribution in [-0.4, -0.2) is 45.5 Å². The largest absolute Gasteiger partial charge is 0.384 e. The monoisotopic (exact) mass is 406 g/mol. The van der Waals surface area contributed by atoms with Crippen LogP contribution in [0.4, 0.5) is 0 Å². The Morgan fingerprint density at radius 1 is 1.12 bits per heavy atom.